The van der Waals surface area contributed by atoms with Crippen LogP contribution in [0.3, 0.4) is 0 Å². The maximum absolute atomic E-state index is 11.9. The maximum atomic E-state index is 11.9. The van der Waals surface area contributed by atoms with E-state index < -0.39 is 0 Å². The van der Waals surface area contributed by atoms with Crippen molar-refractivity contribution in [3.05, 3.63) is 69.7 Å². The monoisotopic (exact) mass is 337 g/mol. The number of amides is 1. The number of nitrogens with two attached hydrogens (primary N) is 1. The van der Waals surface area contributed by atoms with Gasteiger partial charge in [-0.2, -0.15) is 0 Å². The van der Waals surface area contributed by atoms with Crippen molar-refractivity contribution in [3.8, 4) is 0 Å². The van der Waals surface area contributed by atoms with Gasteiger partial charge >= 0.3 is 0 Å². The Balaban J connectivity index is 1.80. The first-order chi connectivity index (χ1) is 10.6. The van der Waals surface area contributed by atoms with E-state index in [2.05, 4.69) is 5.32 Å². The molecule has 0 aliphatic heterocycles. The highest BCUT2D eigenvalue weighted by atomic mass is 35.5. The molecule has 116 valence electrons. The number of halogens is 2. The molecule has 1 atom stereocenters. The first kappa shape index (κ1) is 16.8. The minimum Gasteiger partial charge on any atom is -0.347 e. The topological polar surface area (TPSA) is 45.7 Å². The summed E-state index contributed by atoms with van der Waals surface area (Å²) < 4.78 is 0. The van der Waals surface area contributed by atoms with Crippen LogP contribution in [0.4, 0.5) is 0 Å². The van der Waals surface area contributed by atoms with Gasteiger partial charge in [0.25, 0.3) is 5.91 Å². The van der Waals surface area contributed by atoms with Crippen LogP contribution < -0.4 is 10.6 Å². The average molecular weight is 338 g/mol. The molecule has 0 heterocycles. The molecule has 2 rings (SSSR count). The zero-order valence-corrected chi connectivity index (χ0v) is 13.9. The van der Waals surface area contributed by atoms with E-state index in [1.54, 1.807) is 6.07 Å². The lowest BCUT2D eigenvalue weighted by Gasteiger charge is -2.13. The largest absolute Gasteiger partial charge is 0.347 e. The van der Waals surface area contributed by atoms with Crippen LogP contribution in [-0.2, 0) is 11.3 Å². The Hall–Kier alpha value is -1.55. The Morgan fingerprint density at radius 1 is 1.18 bits per heavy atom. The van der Waals surface area contributed by atoms with Crippen molar-refractivity contribution < 1.29 is 10.1 Å². The van der Waals surface area contributed by atoms with Crippen molar-refractivity contribution in [2.24, 2.45) is 0 Å². The fourth-order valence-corrected chi connectivity index (χ4v) is 2.73. The van der Waals surface area contributed by atoms with E-state index in [1.165, 1.54) is 0 Å². The van der Waals surface area contributed by atoms with Gasteiger partial charge < -0.3 is 10.6 Å². The number of rotatable bonds is 6. The van der Waals surface area contributed by atoms with Gasteiger partial charge in [0.2, 0.25) is 0 Å². The van der Waals surface area contributed by atoms with Crippen molar-refractivity contribution in [2.75, 3.05) is 6.54 Å². The molecule has 0 spiro atoms. The van der Waals surface area contributed by atoms with Gasteiger partial charge in [-0.15, -0.1) is 0 Å². The first-order valence-electron chi connectivity index (χ1n) is 7.15. The Kier molecular flexibility index (Phi) is 6.25. The third kappa shape index (κ3) is 5.02. The summed E-state index contributed by atoms with van der Waals surface area (Å²) in [4.78, 5) is 11.9. The minimum atomic E-state index is 0.000731. The van der Waals surface area contributed by atoms with Crippen LogP contribution in [0.25, 0.3) is 0 Å². The van der Waals surface area contributed by atoms with E-state index in [0.29, 0.717) is 23.1 Å². The van der Waals surface area contributed by atoms with Crippen LogP contribution >= 0.6 is 23.2 Å². The van der Waals surface area contributed by atoms with Crippen molar-refractivity contribution >= 4 is 29.1 Å². The number of carbonyl (C=O) groups excluding carboxylic acids is 1. The molecule has 0 aliphatic carbocycles. The molecule has 0 fully saturated rings. The number of benzene rings is 2. The van der Waals surface area contributed by atoms with E-state index >= 15 is 0 Å². The average Bonchev–Trinajstić information content (AvgIpc) is 2.51. The fourth-order valence-electron chi connectivity index (χ4n) is 2.15. The van der Waals surface area contributed by atoms with Crippen LogP contribution in [-0.4, -0.2) is 12.5 Å². The summed E-state index contributed by atoms with van der Waals surface area (Å²) >= 11 is 12.1. The number of carbonyl (C=O) groups is 1. The van der Waals surface area contributed by atoms with E-state index in [-0.39, 0.29) is 11.9 Å². The lowest BCUT2D eigenvalue weighted by Crippen LogP contribution is -2.87. The Morgan fingerprint density at radius 3 is 2.59 bits per heavy atom. The summed E-state index contributed by atoms with van der Waals surface area (Å²) in [5, 5.41) is 6.10. The lowest BCUT2D eigenvalue weighted by molar-refractivity contribution is -0.682. The number of nitrogens with one attached hydrogen (secondary N) is 1. The molecule has 0 aromatic heterocycles. The predicted octanol–water partition coefficient (Wildman–Crippen LogP) is 2.93. The molecule has 22 heavy (non-hydrogen) atoms. The summed E-state index contributed by atoms with van der Waals surface area (Å²) in [6.45, 7) is 2.91. The molecule has 1 amide bonds. The Bertz CT molecular complexity index is 632. The highest BCUT2D eigenvalue weighted by Crippen LogP contribution is 2.24. The normalized spacial score (nSPS) is 12.0. The number of quaternary nitrogens is 1. The summed E-state index contributed by atoms with van der Waals surface area (Å²) in [6.07, 6.45) is 0. The molecular weight excluding hydrogens is 319 g/mol. The van der Waals surface area contributed by atoms with Gasteiger partial charge in [0.15, 0.2) is 6.54 Å². The van der Waals surface area contributed by atoms with Gasteiger partial charge in [0, 0.05) is 17.1 Å². The van der Waals surface area contributed by atoms with Crippen molar-refractivity contribution in [1.82, 2.24) is 5.32 Å². The third-order valence-corrected chi connectivity index (χ3v) is 4.00. The molecule has 2 aromatic carbocycles. The highest BCUT2D eigenvalue weighted by molar-refractivity contribution is 6.35. The van der Waals surface area contributed by atoms with Crippen molar-refractivity contribution in [2.45, 2.75) is 19.5 Å². The maximum Gasteiger partial charge on any atom is 0.275 e. The minimum absolute atomic E-state index is 0.000731. The molecule has 0 bridgehead atoms. The van der Waals surface area contributed by atoms with Crippen LogP contribution in [0, 0.1) is 0 Å². The third-order valence-electron chi connectivity index (χ3n) is 3.44. The van der Waals surface area contributed by atoms with Crippen molar-refractivity contribution in [3.63, 3.8) is 0 Å². The molecule has 3 nitrogen and oxygen atoms in total. The van der Waals surface area contributed by atoms with Gasteiger partial charge in [0.05, 0.1) is 5.02 Å². The molecule has 0 radical (unpaired) electrons. The zero-order chi connectivity index (χ0) is 15.9. The molecule has 2 aromatic rings. The zero-order valence-electron chi connectivity index (χ0n) is 12.4. The molecule has 3 N–H and O–H groups in total. The summed E-state index contributed by atoms with van der Waals surface area (Å²) in [6, 6.07) is 15.4. The second-order valence-corrected chi connectivity index (χ2v) is 6.00. The predicted molar refractivity (Wildman–Crippen MR) is 90.0 cm³/mol. The van der Waals surface area contributed by atoms with E-state index in [1.807, 2.05) is 54.7 Å². The second kappa shape index (κ2) is 8.18. The van der Waals surface area contributed by atoms with Gasteiger partial charge in [0.1, 0.15) is 6.04 Å². The number of hydrogen-bond donors (Lipinski definition) is 2. The highest BCUT2D eigenvalue weighted by Gasteiger charge is 2.14. The smallest absolute Gasteiger partial charge is 0.275 e. The van der Waals surface area contributed by atoms with Gasteiger partial charge in [-0.05, 0) is 24.6 Å². The van der Waals surface area contributed by atoms with E-state index in [0.717, 1.165) is 11.1 Å². The fraction of sp³-hybridized carbons (Fsp3) is 0.235. The number of hydrogen-bond acceptors (Lipinski definition) is 1. The molecule has 0 saturated carbocycles. The Labute approximate surface area is 140 Å². The van der Waals surface area contributed by atoms with E-state index in [9.17, 15) is 4.79 Å². The standard InChI is InChI=1S/C17H18Cl2N2O/c1-12(15-8-7-14(18)9-16(15)19)20-11-17(22)21-10-13-5-3-2-4-6-13/h2-9,12,20H,10-11H2,1H3,(H,21,22)/p+1/t12-/m0/s1. The van der Waals surface area contributed by atoms with Crippen LogP contribution in [0.5, 0.6) is 0 Å². The van der Waals surface area contributed by atoms with Crippen LogP contribution in [0.2, 0.25) is 10.0 Å². The Morgan fingerprint density at radius 2 is 1.91 bits per heavy atom. The van der Waals surface area contributed by atoms with Crippen molar-refractivity contribution in [1.29, 1.82) is 0 Å². The molecule has 5 heteroatoms. The SMILES string of the molecule is C[C@H]([NH2+]CC(=O)NCc1ccccc1)c1ccc(Cl)cc1Cl. The van der Waals surface area contributed by atoms with Crippen LogP contribution in [0.15, 0.2) is 48.5 Å². The summed E-state index contributed by atoms with van der Waals surface area (Å²) in [7, 11) is 0. The molecule has 0 unspecified atom stereocenters. The summed E-state index contributed by atoms with van der Waals surface area (Å²) in [5.74, 6) is 0.000731. The molecule has 0 aliphatic rings. The van der Waals surface area contributed by atoms with Gasteiger partial charge in [-0.1, -0.05) is 59.6 Å². The lowest BCUT2D eigenvalue weighted by atomic mass is 10.1. The second-order valence-electron chi connectivity index (χ2n) is 5.16. The quantitative estimate of drug-likeness (QED) is 0.836. The summed E-state index contributed by atoms with van der Waals surface area (Å²) in [5.41, 5.74) is 2.06. The van der Waals surface area contributed by atoms with E-state index in [4.69, 9.17) is 23.2 Å². The van der Waals surface area contributed by atoms with Gasteiger partial charge in [-0.25, -0.2) is 0 Å². The van der Waals surface area contributed by atoms with Gasteiger partial charge in [-0.3, -0.25) is 4.79 Å². The molecular formula is C17H19Cl2N2O+. The first-order valence-corrected chi connectivity index (χ1v) is 7.91. The molecule has 0 saturated heterocycles. The van der Waals surface area contributed by atoms with Crippen LogP contribution in [0.1, 0.15) is 24.1 Å².